The molecule has 0 atom stereocenters. The van der Waals surface area contributed by atoms with Gasteiger partial charge in [0.2, 0.25) is 23.8 Å². The third-order valence-electron chi connectivity index (χ3n) is 3.95. The monoisotopic (exact) mass is 526 g/mol. The van der Waals surface area contributed by atoms with E-state index in [1.54, 1.807) is 24.3 Å². The van der Waals surface area contributed by atoms with E-state index in [0.29, 0.717) is 22.6 Å². The molecule has 0 aliphatic carbocycles. The molecular formula is C20H27ClN16. The lowest BCUT2D eigenvalue weighted by Crippen LogP contribution is -2.22. The van der Waals surface area contributed by atoms with Gasteiger partial charge in [-0.1, -0.05) is 48.5 Å². The lowest BCUT2D eigenvalue weighted by atomic mass is 10.0. The molecular weight excluding hydrogens is 500 g/mol. The van der Waals surface area contributed by atoms with Crippen LogP contribution in [0, 0.1) is 0 Å². The van der Waals surface area contributed by atoms with Crippen molar-refractivity contribution in [3.63, 3.8) is 0 Å². The lowest BCUT2D eigenvalue weighted by molar-refractivity contribution is 1.20. The average molecular weight is 527 g/mol. The van der Waals surface area contributed by atoms with Gasteiger partial charge in [0.25, 0.3) is 0 Å². The van der Waals surface area contributed by atoms with Gasteiger partial charge in [-0.2, -0.15) is 10.2 Å². The average Bonchev–Trinajstić information content (AvgIpc) is 2.83. The van der Waals surface area contributed by atoms with Gasteiger partial charge in [-0.25, -0.2) is 0 Å². The molecule has 0 unspecified atom stereocenters. The zero-order valence-electron chi connectivity index (χ0n) is 19.4. The molecule has 16 N–H and O–H groups in total. The zero-order valence-corrected chi connectivity index (χ0v) is 20.2. The highest BCUT2D eigenvalue weighted by molar-refractivity contribution is 6.38. The number of hydrogen-bond acceptors (Lipinski definition) is 8. The van der Waals surface area contributed by atoms with Crippen molar-refractivity contribution in [3.05, 3.63) is 59.7 Å². The van der Waals surface area contributed by atoms with Crippen LogP contribution in [0.25, 0.3) is 11.1 Å². The smallest absolute Gasteiger partial charge is 0.211 e. The maximum absolute atomic E-state index is 5.36. The van der Waals surface area contributed by atoms with Crippen molar-refractivity contribution in [1.82, 2.24) is 0 Å². The summed E-state index contributed by atoms with van der Waals surface area (Å²) in [6, 6.07) is 14.7. The first kappa shape index (κ1) is 29.5. The summed E-state index contributed by atoms with van der Waals surface area (Å²) < 4.78 is 0. The molecule has 0 amide bonds. The summed E-state index contributed by atoms with van der Waals surface area (Å²) >= 11 is 0. The number of hydrogen-bond donors (Lipinski definition) is 8. The fraction of sp³-hybridized carbons (Fsp3) is 0. The number of rotatable bonds is 9. The van der Waals surface area contributed by atoms with Gasteiger partial charge in [0.05, 0.1) is 12.4 Å². The first-order chi connectivity index (χ1) is 17.2. The zero-order chi connectivity index (χ0) is 26.5. The van der Waals surface area contributed by atoms with E-state index in [-0.39, 0.29) is 36.2 Å². The van der Waals surface area contributed by atoms with E-state index in [2.05, 4.69) is 40.8 Å². The molecule has 37 heavy (non-hydrogen) atoms. The minimum Gasteiger partial charge on any atom is -0.369 e. The van der Waals surface area contributed by atoms with E-state index in [1.807, 2.05) is 24.3 Å². The maximum Gasteiger partial charge on any atom is 0.211 e. The second-order valence-corrected chi connectivity index (χ2v) is 6.71. The molecule has 2 rings (SSSR count). The second kappa shape index (κ2) is 14.7. The third kappa shape index (κ3) is 10.5. The van der Waals surface area contributed by atoms with Gasteiger partial charge in [-0.3, -0.25) is 0 Å². The summed E-state index contributed by atoms with van der Waals surface area (Å²) in [5.41, 5.74) is 46.3. The van der Waals surface area contributed by atoms with E-state index < -0.39 is 0 Å². The normalized spacial score (nSPS) is 11.5. The highest BCUT2D eigenvalue weighted by Crippen LogP contribution is 2.21. The van der Waals surface area contributed by atoms with Crippen LogP contribution in [0.4, 0.5) is 0 Å². The Bertz CT molecular complexity index is 1170. The van der Waals surface area contributed by atoms with Crippen molar-refractivity contribution in [1.29, 1.82) is 0 Å². The molecule has 2 aromatic carbocycles. The molecule has 0 saturated heterocycles. The van der Waals surface area contributed by atoms with Crippen LogP contribution in [0.5, 0.6) is 0 Å². The van der Waals surface area contributed by atoms with Gasteiger partial charge in [0.1, 0.15) is 11.4 Å². The van der Waals surface area contributed by atoms with E-state index in [9.17, 15) is 0 Å². The van der Waals surface area contributed by atoms with Gasteiger partial charge < -0.3 is 45.9 Å². The summed E-state index contributed by atoms with van der Waals surface area (Å²) in [5, 5.41) is 29.8. The summed E-state index contributed by atoms with van der Waals surface area (Å²) in [6.07, 6.45) is 2.63. The Morgan fingerprint density at radius 2 is 0.730 bits per heavy atom. The third-order valence-corrected chi connectivity index (χ3v) is 3.95. The Morgan fingerprint density at radius 1 is 0.432 bits per heavy atom. The Morgan fingerprint density at radius 3 is 1.00 bits per heavy atom. The molecule has 0 saturated carbocycles. The molecule has 0 bridgehead atoms. The quantitative estimate of drug-likeness (QED) is 0.105. The lowest BCUT2D eigenvalue weighted by Gasteiger charge is -2.06. The highest BCUT2D eigenvalue weighted by Gasteiger charge is 2.06. The maximum atomic E-state index is 5.36. The number of benzene rings is 2. The van der Waals surface area contributed by atoms with Crippen LogP contribution in [0.2, 0.25) is 0 Å². The van der Waals surface area contributed by atoms with Crippen LogP contribution in [0.15, 0.2) is 89.3 Å². The first-order valence-electron chi connectivity index (χ1n) is 9.94. The number of halogens is 1. The highest BCUT2D eigenvalue weighted by atomic mass is 35.5. The van der Waals surface area contributed by atoms with Crippen molar-refractivity contribution >= 4 is 60.1 Å². The molecule has 194 valence electrons. The van der Waals surface area contributed by atoms with Crippen molar-refractivity contribution in [3.8, 4) is 11.1 Å². The molecule has 0 radical (unpaired) electrons. The summed E-state index contributed by atoms with van der Waals surface area (Å²) in [6.45, 7) is 0. The number of nitrogens with zero attached hydrogens (tertiary/aromatic N) is 8. The van der Waals surface area contributed by atoms with Gasteiger partial charge in [-0.05, 0) is 11.1 Å². The fourth-order valence-corrected chi connectivity index (χ4v) is 2.51. The van der Waals surface area contributed by atoms with Crippen LogP contribution >= 0.6 is 12.4 Å². The molecule has 17 heteroatoms. The fourth-order valence-electron chi connectivity index (χ4n) is 2.51. The van der Waals surface area contributed by atoms with Crippen LogP contribution in [-0.4, -0.2) is 47.7 Å². The van der Waals surface area contributed by atoms with Crippen molar-refractivity contribution in [2.75, 3.05) is 0 Å². The molecule has 0 heterocycles. The second-order valence-electron chi connectivity index (χ2n) is 6.71. The first-order valence-corrected chi connectivity index (χ1v) is 9.94. The van der Waals surface area contributed by atoms with E-state index >= 15 is 0 Å². The van der Waals surface area contributed by atoms with Crippen LogP contribution in [0.3, 0.4) is 0 Å². The van der Waals surface area contributed by atoms with Gasteiger partial charge in [0, 0.05) is 11.1 Å². The van der Waals surface area contributed by atoms with Crippen molar-refractivity contribution < 1.29 is 0 Å². The van der Waals surface area contributed by atoms with Crippen LogP contribution in [0.1, 0.15) is 11.1 Å². The molecule has 0 aromatic heterocycles. The minimum absolute atomic E-state index is 0. The number of guanidine groups is 4. The molecule has 0 aliphatic rings. The van der Waals surface area contributed by atoms with Gasteiger partial charge in [0.15, 0.2) is 0 Å². The van der Waals surface area contributed by atoms with Crippen molar-refractivity contribution in [2.45, 2.75) is 0 Å². The number of nitrogens with two attached hydrogens (primary N) is 8. The topological polar surface area (TPSA) is 307 Å². The Hall–Kier alpha value is -5.51. The van der Waals surface area contributed by atoms with Crippen LogP contribution in [-0.2, 0) is 0 Å². The molecule has 0 aliphatic heterocycles. The summed E-state index contributed by atoms with van der Waals surface area (Å²) in [7, 11) is 0. The standard InChI is InChI=1S/C20H26N16.ClH/c21-17(22)33-29-9-15(31-35-19(25)26)13-5-1-11(2-6-13)12-3-7-14(8-4-12)16(32-36-20(27)28)10-30-34-18(23)24;/h1-10H,(H4,21,22,33)(H4,23,24,34)(H4,25,26,35)(H4,27,28,36);1H/b29-9+,30-10+,31-15-,32-16+;. The van der Waals surface area contributed by atoms with Gasteiger partial charge in [-0.15, -0.1) is 43.0 Å². The Kier molecular flexibility index (Phi) is 11.7. The minimum atomic E-state index is -0.217. The van der Waals surface area contributed by atoms with Crippen molar-refractivity contribution in [2.24, 2.45) is 86.7 Å². The van der Waals surface area contributed by atoms with Gasteiger partial charge >= 0.3 is 0 Å². The largest absolute Gasteiger partial charge is 0.369 e. The molecule has 0 fully saturated rings. The van der Waals surface area contributed by atoms with E-state index in [0.717, 1.165) is 11.1 Å². The van der Waals surface area contributed by atoms with E-state index in [4.69, 9.17) is 45.9 Å². The molecule has 2 aromatic rings. The SMILES string of the molecule is Cl.NC(N)=N/N=C(\C=N\N=C(N)N)c1ccc(-c2ccc(C(/C=N/N=C(N)N)=N\N=C(N)N)cc2)cc1. The Labute approximate surface area is 217 Å². The molecule has 16 nitrogen and oxygen atoms in total. The summed E-state index contributed by atoms with van der Waals surface area (Å²) in [5.74, 6) is -0.850. The van der Waals surface area contributed by atoms with E-state index in [1.165, 1.54) is 12.4 Å². The summed E-state index contributed by atoms with van der Waals surface area (Å²) in [4.78, 5) is 0. The predicted molar refractivity (Wildman–Crippen MR) is 152 cm³/mol. The predicted octanol–water partition coefficient (Wildman–Crippen LogP) is -1.75. The Balaban J connectivity index is 0.00000684. The molecule has 0 spiro atoms. The van der Waals surface area contributed by atoms with Crippen LogP contribution < -0.4 is 45.9 Å².